The number of fused-ring (bicyclic) bond motifs is 1. The van der Waals surface area contributed by atoms with E-state index >= 15 is 0 Å². The van der Waals surface area contributed by atoms with Crippen LogP contribution >= 0.6 is 0 Å². The highest BCUT2D eigenvalue weighted by molar-refractivity contribution is 5.76. The van der Waals surface area contributed by atoms with E-state index in [4.69, 9.17) is 5.73 Å². The average Bonchev–Trinajstić information content (AvgIpc) is 3.08. The number of carbonyl (C=O) groups is 1. The molecule has 0 bridgehead atoms. The van der Waals surface area contributed by atoms with Crippen molar-refractivity contribution in [3.8, 4) is 0 Å². The molecule has 1 saturated heterocycles. The summed E-state index contributed by atoms with van der Waals surface area (Å²) in [6.07, 6.45) is 3.80. The number of rotatable bonds is 4. The summed E-state index contributed by atoms with van der Waals surface area (Å²) in [6.45, 7) is 6.22. The molecule has 3 rings (SSSR count). The van der Waals surface area contributed by atoms with Gasteiger partial charge >= 0.3 is 0 Å². The smallest absolute Gasteiger partial charge is 0.222 e. The summed E-state index contributed by atoms with van der Waals surface area (Å²) < 4.78 is 0. The second-order valence-electron chi connectivity index (χ2n) is 7.36. The Labute approximate surface area is 133 Å². The number of hydrogen-bond acceptors (Lipinski definition) is 2. The monoisotopic (exact) mass is 300 g/mol. The minimum absolute atomic E-state index is 0.300. The summed E-state index contributed by atoms with van der Waals surface area (Å²) in [5.74, 6) is 2.07. The summed E-state index contributed by atoms with van der Waals surface area (Å²) >= 11 is 0. The Hall–Kier alpha value is -1.35. The SMILES string of the molecule is CC(C)c1ccc(CCC(=O)N2CC3CCC(N)C3C2)cc1. The maximum atomic E-state index is 12.4. The molecule has 2 fully saturated rings. The van der Waals surface area contributed by atoms with Gasteiger partial charge in [0.15, 0.2) is 0 Å². The van der Waals surface area contributed by atoms with Crippen LogP contribution in [0.2, 0.25) is 0 Å². The van der Waals surface area contributed by atoms with Crippen molar-refractivity contribution in [2.24, 2.45) is 17.6 Å². The molecule has 0 radical (unpaired) electrons. The summed E-state index contributed by atoms with van der Waals surface area (Å²) in [4.78, 5) is 14.5. The molecule has 1 aliphatic heterocycles. The number of amides is 1. The first-order valence-corrected chi connectivity index (χ1v) is 8.67. The van der Waals surface area contributed by atoms with E-state index in [-0.39, 0.29) is 0 Å². The van der Waals surface area contributed by atoms with Gasteiger partial charge in [0.1, 0.15) is 0 Å². The largest absolute Gasteiger partial charge is 0.342 e. The van der Waals surface area contributed by atoms with Crippen molar-refractivity contribution in [2.45, 2.75) is 51.5 Å². The molecule has 120 valence electrons. The van der Waals surface area contributed by atoms with Crippen molar-refractivity contribution in [3.05, 3.63) is 35.4 Å². The molecule has 22 heavy (non-hydrogen) atoms. The van der Waals surface area contributed by atoms with Crippen LogP contribution in [-0.4, -0.2) is 29.9 Å². The molecule has 3 atom stereocenters. The lowest BCUT2D eigenvalue weighted by atomic mass is 9.98. The molecule has 3 nitrogen and oxygen atoms in total. The molecule has 3 heteroatoms. The van der Waals surface area contributed by atoms with E-state index < -0.39 is 0 Å². The zero-order chi connectivity index (χ0) is 15.7. The quantitative estimate of drug-likeness (QED) is 0.929. The summed E-state index contributed by atoms with van der Waals surface area (Å²) in [5, 5.41) is 0. The molecule has 0 aromatic heterocycles. The molecule has 1 heterocycles. The van der Waals surface area contributed by atoms with E-state index in [0.717, 1.165) is 25.9 Å². The lowest BCUT2D eigenvalue weighted by molar-refractivity contribution is -0.130. The van der Waals surface area contributed by atoms with Gasteiger partial charge in [-0.1, -0.05) is 38.1 Å². The molecule has 2 N–H and O–H groups in total. The van der Waals surface area contributed by atoms with Crippen LogP contribution in [0.3, 0.4) is 0 Å². The third kappa shape index (κ3) is 3.19. The molecule has 1 amide bonds. The van der Waals surface area contributed by atoms with E-state index in [2.05, 4.69) is 43.0 Å². The van der Waals surface area contributed by atoms with Gasteiger partial charge in [0.25, 0.3) is 0 Å². The van der Waals surface area contributed by atoms with Gasteiger partial charge in [-0.3, -0.25) is 4.79 Å². The Morgan fingerprint density at radius 3 is 2.59 bits per heavy atom. The predicted octanol–water partition coefficient (Wildman–Crippen LogP) is 2.94. The van der Waals surface area contributed by atoms with Crippen molar-refractivity contribution < 1.29 is 4.79 Å². The van der Waals surface area contributed by atoms with Crippen LogP contribution in [-0.2, 0) is 11.2 Å². The molecular formula is C19H28N2O. The van der Waals surface area contributed by atoms with E-state index in [1.807, 2.05) is 0 Å². The average molecular weight is 300 g/mol. The Morgan fingerprint density at radius 1 is 1.23 bits per heavy atom. The first-order chi connectivity index (χ1) is 10.5. The van der Waals surface area contributed by atoms with Crippen molar-refractivity contribution in [1.29, 1.82) is 0 Å². The standard InChI is InChI=1S/C19H28N2O/c1-13(2)15-6-3-14(4-7-15)5-10-19(22)21-11-16-8-9-18(20)17(16)12-21/h3-4,6-7,13,16-18H,5,8-12,20H2,1-2H3. The first-order valence-electron chi connectivity index (χ1n) is 8.67. The van der Waals surface area contributed by atoms with Crippen LogP contribution < -0.4 is 5.73 Å². The van der Waals surface area contributed by atoms with E-state index in [0.29, 0.717) is 36.1 Å². The van der Waals surface area contributed by atoms with Gasteiger partial charge in [-0.2, -0.15) is 0 Å². The zero-order valence-corrected chi connectivity index (χ0v) is 13.8. The van der Waals surface area contributed by atoms with Gasteiger partial charge in [-0.15, -0.1) is 0 Å². The number of nitrogens with two attached hydrogens (primary N) is 1. The minimum atomic E-state index is 0.300. The summed E-state index contributed by atoms with van der Waals surface area (Å²) in [5.41, 5.74) is 8.76. The maximum absolute atomic E-state index is 12.4. The van der Waals surface area contributed by atoms with Crippen molar-refractivity contribution in [2.75, 3.05) is 13.1 Å². The van der Waals surface area contributed by atoms with E-state index in [1.165, 1.54) is 17.5 Å². The molecule has 1 aliphatic carbocycles. The van der Waals surface area contributed by atoms with Gasteiger partial charge in [0, 0.05) is 25.6 Å². The number of likely N-dealkylation sites (tertiary alicyclic amines) is 1. The number of nitrogens with zero attached hydrogens (tertiary/aromatic N) is 1. The van der Waals surface area contributed by atoms with Crippen molar-refractivity contribution >= 4 is 5.91 Å². The number of aryl methyl sites for hydroxylation is 1. The molecule has 1 saturated carbocycles. The third-order valence-corrected chi connectivity index (χ3v) is 5.54. The van der Waals surface area contributed by atoms with Gasteiger partial charge < -0.3 is 10.6 Å². The highest BCUT2D eigenvalue weighted by Crippen LogP contribution is 2.37. The first kappa shape index (κ1) is 15.5. The molecule has 3 unspecified atom stereocenters. The molecule has 1 aromatic carbocycles. The fourth-order valence-corrected chi connectivity index (χ4v) is 3.99. The zero-order valence-electron chi connectivity index (χ0n) is 13.8. The van der Waals surface area contributed by atoms with Gasteiger partial charge in [-0.05, 0) is 48.1 Å². The fraction of sp³-hybridized carbons (Fsp3) is 0.632. The van der Waals surface area contributed by atoms with E-state index in [1.54, 1.807) is 0 Å². The van der Waals surface area contributed by atoms with Crippen LogP contribution in [0, 0.1) is 11.8 Å². The second-order valence-corrected chi connectivity index (χ2v) is 7.36. The van der Waals surface area contributed by atoms with Gasteiger partial charge in [0.2, 0.25) is 5.91 Å². The number of carbonyl (C=O) groups excluding carboxylic acids is 1. The van der Waals surface area contributed by atoms with Gasteiger partial charge in [-0.25, -0.2) is 0 Å². The normalized spacial score (nSPS) is 27.5. The summed E-state index contributed by atoms with van der Waals surface area (Å²) in [7, 11) is 0. The lowest BCUT2D eigenvalue weighted by Crippen LogP contribution is -2.33. The topological polar surface area (TPSA) is 46.3 Å². The highest BCUT2D eigenvalue weighted by atomic mass is 16.2. The van der Waals surface area contributed by atoms with E-state index in [9.17, 15) is 4.79 Å². The van der Waals surface area contributed by atoms with Crippen LogP contribution in [0.15, 0.2) is 24.3 Å². The predicted molar refractivity (Wildman–Crippen MR) is 89.6 cm³/mol. The maximum Gasteiger partial charge on any atom is 0.222 e. The molecule has 0 spiro atoms. The molecule has 2 aliphatic rings. The summed E-state index contributed by atoms with van der Waals surface area (Å²) in [6, 6.07) is 9.01. The van der Waals surface area contributed by atoms with Gasteiger partial charge in [0.05, 0.1) is 0 Å². The Morgan fingerprint density at radius 2 is 1.95 bits per heavy atom. The minimum Gasteiger partial charge on any atom is -0.342 e. The van der Waals surface area contributed by atoms with Crippen molar-refractivity contribution in [1.82, 2.24) is 4.90 Å². The Kier molecular flexibility index (Phi) is 4.53. The second kappa shape index (κ2) is 6.41. The Balaban J connectivity index is 1.50. The third-order valence-electron chi connectivity index (χ3n) is 5.54. The van der Waals surface area contributed by atoms with Crippen LogP contribution in [0.5, 0.6) is 0 Å². The molecule has 1 aromatic rings. The van der Waals surface area contributed by atoms with Crippen LogP contribution in [0.25, 0.3) is 0 Å². The highest BCUT2D eigenvalue weighted by Gasteiger charge is 2.42. The number of benzene rings is 1. The lowest BCUT2D eigenvalue weighted by Gasteiger charge is -2.18. The number of hydrogen-bond donors (Lipinski definition) is 1. The van der Waals surface area contributed by atoms with Crippen molar-refractivity contribution in [3.63, 3.8) is 0 Å². The molecular weight excluding hydrogens is 272 g/mol. The fourth-order valence-electron chi connectivity index (χ4n) is 3.99. The van der Waals surface area contributed by atoms with Crippen LogP contribution in [0.4, 0.5) is 0 Å². The Bertz CT molecular complexity index is 523. The van der Waals surface area contributed by atoms with Crippen LogP contribution in [0.1, 0.15) is 50.2 Å².